The number of anilines is 2. The monoisotopic (exact) mass is 477 g/mol. The van der Waals surface area contributed by atoms with Gasteiger partial charge >= 0.3 is 0 Å². The second kappa shape index (κ2) is 8.39. The lowest BCUT2D eigenvalue weighted by atomic mass is 9.98. The van der Waals surface area contributed by atoms with Crippen LogP contribution in [-0.4, -0.2) is 62.8 Å². The van der Waals surface area contributed by atoms with E-state index in [-0.39, 0.29) is 28.5 Å². The highest BCUT2D eigenvalue weighted by Gasteiger charge is 2.31. The lowest BCUT2D eigenvalue weighted by Gasteiger charge is -2.35. The minimum atomic E-state index is -0.0373. The van der Waals surface area contributed by atoms with Crippen LogP contribution in [0, 0.1) is 6.92 Å². The number of likely N-dealkylation sites (tertiary alicyclic amines) is 1. The molecule has 178 valence electrons. The molecular formula is C25H31N7OS. The molecule has 2 saturated heterocycles. The Labute approximate surface area is 202 Å². The fourth-order valence-corrected chi connectivity index (χ4v) is 6.60. The van der Waals surface area contributed by atoms with Gasteiger partial charge in [0.2, 0.25) is 0 Å². The van der Waals surface area contributed by atoms with E-state index in [1.807, 2.05) is 27.7 Å². The number of carbonyl (C=O) groups is 1. The summed E-state index contributed by atoms with van der Waals surface area (Å²) < 4.78 is 1.86. The zero-order valence-electron chi connectivity index (χ0n) is 19.7. The minimum Gasteiger partial charge on any atom is -0.356 e. The number of benzene rings is 1. The van der Waals surface area contributed by atoms with Crippen LogP contribution >= 0.6 is 10.5 Å². The van der Waals surface area contributed by atoms with Gasteiger partial charge in [0.15, 0.2) is 5.65 Å². The summed E-state index contributed by atoms with van der Waals surface area (Å²) in [7, 11) is 0.0144. The van der Waals surface area contributed by atoms with E-state index in [9.17, 15) is 4.79 Å². The number of rotatable bonds is 3. The molecule has 2 fully saturated rings. The van der Waals surface area contributed by atoms with Gasteiger partial charge in [0.25, 0.3) is 5.91 Å². The zero-order valence-corrected chi connectivity index (χ0v) is 20.5. The van der Waals surface area contributed by atoms with Crippen LogP contribution in [0.1, 0.15) is 53.3 Å². The number of piperidine rings is 1. The first-order valence-electron chi connectivity index (χ1n) is 12.0. The molecule has 0 saturated carbocycles. The van der Waals surface area contributed by atoms with Crippen molar-refractivity contribution < 1.29 is 4.79 Å². The van der Waals surface area contributed by atoms with Gasteiger partial charge in [-0.1, -0.05) is 0 Å². The molecule has 0 spiro atoms. The lowest BCUT2D eigenvalue weighted by Crippen LogP contribution is -2.38. The quantitative estimate of drug-likeness (QED) is 0.562. The maximum atomic E-state index is 13.6. The Morgan fingerprint density at radius 2 is 2.09 bits per heavy atom. The van der Waals surface area contributed by atoms with Gasteiger partial charge in [-0.3, -0.25) is 4.79 Å². The van der Waals surface area contributed by atoms with Crippen molar-refractivity contribution in [3.8, 4) is 0 Å². The molecule has 3 N–H and O–H groups in total. The van der Waals surface area contributed by atoms with Gasteiger partial charge in [-0.25, -0.2) is 9.50 Å². The number of amides is 1. The van der Waals surface area contributed by atoms with Crippen molar-refractivity contribution in [1.29, 1.82) is 0 Å². The van der Waals surface area contributed by atoms with Gasteiger partial charge in [-0.2, -0.15) is 5.10 Å². The second-order valence-electron chi connectivity index (χ2n) is 9.66. The summed E-state index contributed by atoms with van der Waals surface area (Å²) in [5.74, 6) is 1.08. The maximum absolute atomic E-state index is 13.6. The van der Waals surface area contributed by atoms with Gasteiger partial charge < -0.3 is 20.9 Å². The Kier molecular flexibility index (Phi) is 5.33. The average molecular weight is 478 g/mol. The molecular weight excluding hydrogens is 446 g/mol. The Balaban J connectivity index is 1.32. The molecule has 2 aromatic heterocycles. The van der Waals surface area contributed by atoms with Crippen molar-refractivity contribution in [3.05, 3.63) is 47.3 Å². The number of hydrogen-bond acceptors (Lipinski definition) is 6. The van der Waals surface area contributed by atoms with E-state index in [0.29, 0.717) is 0 Å². The highest BCUT2D eigenvalue weighted by atomic mass is 32.2. The average Bonchev–Trinajstić information content (AvgIpc) is 3.56. The molecule has 0 aliphatic carbocycles. The lowest BCUT2D eigenvalue weighted by molar-refractivity contribution is 0.0605. The van der Waals surface area contributed by atoms with Crippen molar-refractivity contribution in [2.24, 2.45) is 5.73 Å². The smallest absolute Gasteiger partial charge is 0.254 e. The third-order valence-corrected chi connectivity index (χ3v) is 8.72. The number of aromatic nitrogens is 3. The minimum absolute atomic E-state index is 0.0144. The summed E-state index contributed by atoms with van der Waals surface area (Å²) in [6, 6.07) is 8.25. The number of nitrogens with one attached hydrogen (secondary N) is 1. The molecule has 6 rings (SSSR count). The van der Waals surface area contributed by atoms with E-state index in [1.165, 1.54) is 4.90 Å². The van der Waals surface area contributed by atoms with Gasteiger partial charge in [0.05, 0.1) is 17.4 Å². The molecule has 1 aromatic carbocycles. The standard InChI is InChI=1S/C25H31N7OS/c1-16-13-32-23(28-24(16)30-10-8-18(26)14-30)12-20(29-32)21-5-3-4-9-31(21)25(33)17-6-7-19-22(11-17)34(2)15-27-19/h6-7,11-13,15,18,21,27H,3-5,8-10,14,26H2,1-2H3/t18-,21-,34?/m0/s1. The first-order valence-corrected chi connectivity index (χ1v) is 13.7. The first kappa shape index (κ1) is 21.6. The topological polar surface area (TPSA) is 91.8 Å². The van der Waals surface area contributed by atoms with E-state index < -0.39 is 0 Å². The van der Waals surface area contributed by atoms with Crippen LogP contribution in [0.5, 0.6) is 0 Å². The summed E-state index contributed by atoms with van der Waals surface area (Å²) in [6.45, 7) is 4.60. The van der Waals surface area contributed by atoms with Crippen LogP contribution in [0.4, 0.5) is 11.5 Å². The van der Waals surface area contributed by atoms with E-state index in [4.69, 9.17) is 15.8 Å². The fourth-order valence-electron chi connectivity index (χ4n) is 5.39. The van der Waals surface area contributed by atoms with Gasteiger partial charge in [-0.05, 0) is 57.1 Å². The molecule has 3 aromatic rings. The second-order valence-corrected chi connectivity index (χ2v) is 11.4. The van der Waals surface area contributed by atoms with Crippen LogP contribution in [0.15, 0.2) is 35.4 Å². The molecule has 3 aliphatic heterocycles. The number of hydrogen-bond donors (Lipinski definition) is 2. The van der Waals surface area contributed by atoms with E-state index in [1.54, 1.807) is 0 Å². The fraction of sp³-hybridized carbons (Fsp3) is 0.440. The Hall–Kier alpha value is -2.91. The van der Waals surface area contributed by atoms with Crippen molar-refractivity contribution >= 4 is 39.0 Å². The molecule has 9 heteroatoms. The molecule has 1 amide bonds. The summed E-state index contributed by atoms with van der Waals surface area (Å²) in [5.41, 5.74) is 12.9. The molecule has 5 heterocycles. The largest absolute Gasteiger partial charge is 0.356 e. The summed E-state index contributed by atoms with van der Waals surface area (Å²) in [4.78, 5) is 24.1. The van der Waals surface area contributed by atoms with Crippen LogP contribution < -0.4 is 16.0 Å². The van der Waals surface area contributed by atoms with Crippen LogP contribution in [0.3, 0.4) is 0 Å². The molecule has 34 heavy (non-hydrogen) atoms. The van der Waals surface area contributed by atoms with Crippen LogP contribution in [-0.2, 0) is 0 Å². The Morgan fingerprint density at radius 1 is 1.21 bits per heavy atom. The Morgan fingerprint density at radius 3 is 2.91 bits per heavy atom. The number of carbonyl (C=O) groups excluding carboxylic acids is 1. The van der Waals surface area contributed by atoms with E-state index in [0.717, 1.165) is 79.3 Å². The highest BCUT2D eigenvalue weighted by molar-refractivity contribution is 8.15. The van der Waals surface area contributed by atoms with Crippen molar-refractivity contribution in [3.63, 3.8) is 0 Å². The Bertz CT molecular complexity index is 1320. The van der Waals surface area contributed by atoms with Crippen molar-refractivity contribution in [1.82, 2.24) is 19.5 Å². The third kappa shape index (κ3) is 3.67. The summed E-state index contributed by atoms with van der Waals surface area (Å²) >= 11 is 0. The van der Waals surface area contributed by atoms with Gasteiger partial charge in [-0.15, -0.1) is 10.5 Å². The van der Waals surface area contributed by atoms with Crippen molar-refractivity contribution in [2.45, 2.75) is 49.6 Å². The number of nitrogens with zero attached hydrogens (tertiary/aromatic N) is 5. The molecule has 8 nitrogen and oxygen atoms in total. The maximum Gasteiger partial charge on any atom is 0.254 e. The molecule has 0 bridgehead atoms. The highest BCUT2D eigenvalue weighted by Crippen LogP contribution is 2.37. The third-order valence-electron chi connectivity index (χ3n) is 7.22. The van der Waals surface area contributed by atoms with Gasteiger partial charge in [0, 0.05) is 59.5 Å². The molecule has 3 atom stereocenters. The zero-order chi connectivity index (χ0) is 23.4. The summed E-state index contributed by atoms with van der Waals surface area (Å²) in [5, 5.41) is 8.19. The molecule has 0 radical (unpaired) electrons. The summed E-state index contributed by atoms with van der Waals surface area (Å²) in [6.07, 6.45) is 8.24. The molecule has 3 aliphatic rings. The number of nitrogens with two attached hydrogens (primary N) is 1. The normalized spacial score (nSPS) is 24.3. The molecule has 1 unspecified atom stereocenters. The van der Waals surface area contributed by atoms with Gasteiger partial charge in [0.1, 0.15) is 5.82 Å². The van der Waals surface area contributed by atoms with E-state index in [2.05, 4.69) is 41.0 Å². The van der Waals surface area contributed by atoms with Crippen molar-refractivity contribution in [2.75, 3.05) is 36.1 Å². The van der Waals surface area contributed by atoms with Crippen LogP contribution in [0.25, 0.3) is 5.65 Å². The van der Waals surface area contributed by atoms with Crippen LogP contribution in [0.2, 0.25) is 0 Å². The number of aryl methyl sites for hydroxylation is 1. The predicted octanol–water partition coefficient (Wildman–Crippen LogP) is 3.39. The first-order chi connectivity index (χ1) is 16.5. The van der Waals surface area contributed by atoms with E-state index >= 15 is 0 Å². The predicted molar refractivity (Wildman–Crippen MR) is 138 cm³/mol. The SMILES string of the molecule is Cc1cn2nc([C@@H]3CCCCN3C(=O)c3ccc4c(c3)S(C)=CN4)cc2nc1N1CC[C@H](N)C1. The number of fused-ring (bicyclic) bond motifs is 2.